The molecule has 1 heterocycles. The van der Waals surface area contributed by atoms with Crippen LogP contribution < -0.4 is 20.7 Å². The quantitative estimate of drug-likeness (QED) is 0.638. The van der Waals surface area contributed by atoms with Gasteiger partial charge >= 0.3 is 0 Å². The van der Waals surface area contributed by atoms with Crippen LogP contribution in [0.3, 0.4) is 0 Å². The Labute approximate surface area is 182 Å². The molecule has 0 aromatic heterocycles. The van der Waals surface area contributed by atoms with Crippen molar-refractivity contribution in [1.82, 2.24) is 20.9 Å². The van der Waals surface area contributed by atoms with Crippen molar-refractivity contribution in [2.24, 2.45) is 5.92 Å². The molecule has 1 aliphatic heterocycles. The predicted molar refractivity (Wildman–Crippen MR) is 115 cm³/mol. The molecule has 2 rings (SSSR count). The molecule has 0 fully saturated rings. The van der Waals surface area contributed by atoms with Crippen molar-refractivity contribution < 1.29 is 23.5 Å². The average Bonchev–Trinajstić information content (AvgIpc) is 2.74. The summed E-state index contributed by atoms with van der Waals surface area (Å²) in [6.45, 7) is 4.74. The Balaban J connectivity index is 2.15. The van der Waals surface area contributed by atoms with Gasteiger partial charge in [0.25, 0.3) is 0 Å². The van der Waals surface area contributed by atoms with Gasteiger partial charge in [-0.2, -0.15) is 0 Å². The summed E-state index contributed by atoms with van der Waals surface area (Å²) in [5, 5.41) is 8.50. The molecule has 0 saturated heterocycles. The van der Waals surface area contributed by atoms with E-state index in [1.807, 2.05) is 13.8 Å². The molecule has 1 aromatic carbocycles. The molecular formula is C22H33FN4O4. The molecular weight excluding hydrogens is 403 g/mol. The third-order valence-electron chi connectivity index (χ3n) is 5.38. The zero-order valence-corrected chi connectivity index (χ0v) is 18.5. The highest BCUT2D eigenvalue weighted by molar-refractivity contribution is 5.89. The lowest BCUT2D eigenvalue weighted by molar-refractivity contribution is -0.137. The highest BCUT2D eigenvalue weighted by atomic mass is 19.1. The van der Waals surface area contributed by atoms with Crippen LogP contribution in [0.4, 0.5) is 4.39 Å². The molecule has 0 spiro atoms. The van der Waals surface area contributed by atoms with Gasteiger partial charge in [-0.05, 0) is 30.4 Å². The van der Waals surface area contributed by atoms with Gasteiger partial charge in [0.1, 0.15) is 18.2 Å². The Bertz CT molecular complexity index is 774. The van der Waals surface area contributed by atoms with Gasteiger partial charge < -0.3 is 25.6 Å². The predicted octanol–water partition coefficient (Wildman–Crippen LogP) is 0.846. The first-order valence-electron chi connectivity index (χ1n) is 10.7. The van der Waals surface area contributed by atoms with Crippen LogP contribution >= 0.6 is 0 Å². The van der Waals surface area contributed by atoms with E-state index in [2.05, 4.69) is 16.0 Å². The van der Waals surface area contributed by atoms with Gasteiger partial charge in [0.05, 0.1) is 19.1 Å². The van der Waals surface area contributed by atoms with Crippen molar-refractivity contribution in [3.63, 3.8) is 0 Å². The molecule has 0 aliphatic carbocycles. The fourth-order valence-electron chi connectivity index (χ4n) is 3.35. The Kier molecular flexibility index (Phi) is 9.71. The number of ether oxygens (including phenoxy) is 1. The number of amides is 3. The van der Waals surface area contributed by atoms with Gasteiger partial charge in [0, 0.05) is 26.2 Å². The van der Waals surface area contributed by atoms with Crippen molar-refractivity contribution in [2.45, 2.75) is 39.2 Å². The number of likely N-dealkylation sites (N-methyl/N-ethyl adjacent to an activating group) is 1. The first-order chi connectivity index (χ1) is 14.8. The normalized spacial score (nSPS) is 21.1. The van der Waals surface area contributed by atoms with Gasteiger partial charge in [0.2, 0.25) is 17.7 Å². The molecule has 8 nitrogen and oxygen atoms in total. The minimum atomic E-state index is -0.486. The number of nitrogens with one attached hydrogen (secondary N) is 3. The van der Waals surface area contributed by atoms with Crippen LogP contribution in [0.1, 0.15) is 32.3 Å². The van der Waals surface area contributed by atoms with Gasteiger partial charge in [0.15, 0.2) is 0 Å². The zero-order chi connectivity index (χ0) is 22.8. The molecule has 3 amide bonds. The van der Waals surface area contributed by atoms with E-state index in [0.29, 0.717) is 31.7 Å². The lowest BCUT2D eigenvalue weighted by Crippen LogP contribution is -2.52. The molecule has 31 heavy (non-hydrogen) atoms. The van der Waals surface area contributed by atoms with Gasteiger partial charge in [-0.1, -0.05) is 26.3 Å². The lowest BCUT2D eigenvalue weighted by Gasteiger charge is -2.28. The van der Waals surface area contributed by atoms with E-state index in [9.17, 15) is 18.8 Å². The van der Waals surface area contributed by atoms with E-state index in [4.69, 9.17) is 4.74 Å². The summed E-state index contributed by atoms with van der Waals surface area (Å²) >= 11 is 0. The maximum Gasteiger partial charge on any atom is 0.240 e. The van der Waals surface area contributed by atoms with Crippen LogP contribution in [0.15, 0.2) is 18.2 Å². The van der Waals surface area contributed by atoms with E-state index in [-0.39, 0.29) is 43.2 Å². The largest absolute Gasteiger partial charge is 0.492 e. The number of hydrogen-bond donors (Lipinski definition) is 3. The minimum Gasteiger partial charge on any atom is -0.492 e. The number of halogens is 1. The summed E-state index contributed by atoms with van der Waals surface area (Å²) in [5.41, 5.74) is 0.847. The van der Waals surface area contributed by atoms with E-state index in [0.717, 1.165) is 12.0 Å². The average molecular weight is 437 g/mol. The van der Waals surface area contributed by atoms with Crippen LogP contribution in [0.2, 0.25) is 0 Å². The lowest BCUT2D eigenvalue weighted by atomic mass is 9.98. The topological polar surface area (TPSA) is 99.8 Å². The van der Waals surface area contributed by atoms with Crippen molar-refractivity contribution in [2.75, 3.05) is 39.8 Å². The summed E-state index contributed by atoms with van der Waals surface area (Å²) in [7, 11) is 1.56. The second kappa shape index (κ2) is 12.2. The zero-order valence-electron chi connectivity index (χ0n) is 18.5. The number of nitrogens with zero attached hydrogens (tertiary/aromatic N) is 1. The number of fused-ring (bicyclic) bond motifs is 1. The SMILES string of the molecule is CCC(C)C1NCCOc2cc(F)ccc2CCCNC(=O)CNC(=O)CN(C)C1=O. The van der Waals surface area contributed by atoms with E-state index in [1.54, 1.807) is 13.1 Å². The standard InChI is InChI=1S/C22H33FN4O4/c1-4-15(2)21-22(30)27(3)14-20(29)26-13-19(28)24-9-5-6-16-7-8-17(23)12-18(16)31-11-10-25-21/h7-8,12,15,21,25H,4-6,9-11,13-14H2,1-3H3,(H,24,28)(H,26,29). The molecule has 0 saturated carbocycles. The van der Waals surface area contributed by atoms with Crippen LogP contribution in [0.25, 0.3) is 0 Å². The molecule has 1 aliphatic rings. The minimum absolute atomic E-state index is 0.0408. The third kappa shape index (κ3) is 7.82. The number of rotatable bonds is 2. The molecule has 172 valence electrons. The summed E-state index contributed by atoms with van der Waals surface area (Å²) in [6.07, 6.45) is 2.03. The maximum absolute atomic E-state index is 13.7. The highest BCUT2D eigenvalue weighted by Crippen LogP contribution is 2.21. The first-order valence-corrected chi connectivity index (χ1v) is 10.7. The van der Waals surface area contributed by atoms with E-state index < -0.39 is 11.9 Å². The van der Waals surface area contributed by atoms with Gasteiger partial charge in [-0.25, -0.2) is 4.39 Å². The van der Waals surface area contributed by atoms with Crippen LogP contribution in [0.5, 0.6) is 5.75 Å². The van der Waals surface area contributed by atoms with Gasteiger partial charge in [-0.15, -0.1) is 0 Å². The summed E-state index contributed by atoms with van der Waals surface area (Å²) in [4.78, 5) is 38.3. The van der Waals surface area contributed by atoms with Crippen molar-refractivity contribution in [3.8, 4) is 5.75 Å². The Morgan fingerprint density at radius 2 is 1.97 bits per heavy atom. The monoisotopic (exact) mass is 436 g/mol. The van der Waals surface area contributed by atoms with E-state index >= 15 is 0 Å². The summed E-state index contributed by atoms with van der Waals surface area (Å²) in [5.74, 6) is -0.787. The van der Waals surface area contributed by atoms with Crippen LogP contribution in [-0.2, 0) is 20.8 Å². The molecule has 2 unspecified atom stereocenters. The van der Waals surface area contributed by atoms with Crippen molar-refractivity contribution in [1.29, 1.82) is 0 Å². The highest BCUT2D eigenvalue weighted by Gasteiger charge is 2.27. The van der Waals surface area contributed by atoms with Crippen molar-refractivity contribution in [3.05, 3.63) is 29.6 Å². The van der Waals surface area contributed by atoms with Crippen LogP contribution in [0, 0.1) is 11.7 Å². The second-order valence-electron chi connectivity index (χ2n) is 7.84. The Hall–Kier alpha value is -2.68. The molecule has 1 aromatic rings. The molecule has 9 heteroatoms. The summed E-state index contributed by atoms with van der Waals surface area (Å²) < 4.78 is 19.5. The number of carbonyl (C=O) groups excluding carboxylic acids is 3. The number of benzene rings is 1. The van der Waals surface area contributed by atoms with E-state index in [1.165, 1.54) is 17.0 Å². The first kappa shape index (κ1) is 24.6. The maximum atomic E-state index is 13.7. The fourth-order valence-corrected chi connectivity index (χ4v) is 3.35. The Morgan fingerprint density at radius 1 is 1.19 bits per heavy atom. The molecule has 3 N–H and O–H groups in total. The second-order valence-corrected chi connectivity index (χ2v) is 7.84. The smallest absolute Gasteiger partial charge is 0.240 e. The number of hydrogen-bond acceptors (Lipinski definition) is 5. The molecule has 0 radical (unpaired) electrons. The van der Waals surface area contributed by atoms with Crippen molar-refractivity contribution >= 4 is 17.7 Å². The molecule has 2 atom stereocenters. The molecule has 0 bridgehead atoms. The fraction of sp³-hybridized carbons (Fsp3) is 0.591. The Morgan fingerprint density at radius 3 is 2.71 bits per heavy atom. The summed E-state index contributed by atoms with van der Waals surface area (Å²) in [6, 6.07) is 3.93. The third-order valence-corrected chi connectivity index (χ3v) is 5.38. The van der Waals surface area contributed by atoms with Gasteiger partial charge in [-0.3, -0.25) is 14.4 Å². The number of carbonyl (C=O) groups is 3. The van der Waals surface area contributed by atoms with Crippen LogP contribution in [-0.4, -0.2) is 68.5 Å². The number of aryl methyl sites for hydroxylation is 1.